The Balaban J connectivity index is 3.07. The zero-order valence-corrected chi connectivity index (χ0v) is 15.3. The molecule has 0 radical (unpaired) electrons. The lowest BCUT2D eigenvalue weighted by Gasteiger charge is -2.12. The van der Waals surface area contributed by atoms with Crippen molar-refractivity contribution in [3.63, 3.8) is 0 Å². The number of carbonyl (C=O) groups excluding carboxylic acids is 1. The summed E-state index contributed by atoms with van der Waals surface area (Å²) in [6.45, 7) is 0.0816. The molecule has 0 fully saturated rings. The van der Waals surface area contributed by atoms with E-state index in [-0.39, 0.29) is 23.6 Å². The summed E-state index contributed by atoms with van der Waals surface area (Å²) in [7, 11) is 2.90. The van der Waals surface area contributed by atoms with Gasteiger partial charge in [-0.05, 0) is 39.7 Å². The molecule has 2 N–H and O–H groups in total. The molecule has 8 nitrogen and oxygen atoms in total. The molecule has 0 spiro atoms. The summed E-state index contributed by atoms with van der Waals surface area (Å²) >= 11 is 3.26. The van der Waals surface area contributed by atoms with Crippen LogP contribution in [0.25, 0.3) is 6.08 Å². The first kappa shape index (κ1) is 20.5. The number of hydrogen-bond acceptors (Lipinski definition) is 6. The van der Waals surface area contributed by atoms with Gasteiger partial charge in [-0.25, -0.2) is 4.79 Å². The van der Waals surface area contributed by atoms with Gasteiger partial charge in [0.15, 0.2) is 18.1 Å². The first-order chi connectivity index (χ1) is 11.9. The Hall–Kier alpha value is -2.57. The van der Waals surface area contributed by atoms with E-state index in [1.165, 1.54) is 26.4 Å². The quantitative estimate of drug-likeness (QED) is 0.359. The average Bonchev–Trinajstić information content (AvgIpc) is 2.58. The summed E-state index contributed by atoms with van der Waals surface area (Å²) < 4.78 is 15.6. The molecule has 1 aromatic rings. The minimum atomic E-state index is -1.13. The number of benzene rings is 1. The van der Waals surface area contributed by atoms with E-state index in [9.17, 15) is 9.59 Å². The van der Waals surface area contributed by atoms with Gasteiger partial charge >= 0.3 is 5.97 Å². The lowest BCUT2D eigenvalue weighted by molar-refractivity contribution is -0.139. The first-order valence-corrected chi connectivity index (χ1v) is 7.83. The van der Waals surface area contributed by atoms with Crippen molar-refractivity contribution in [2.24, 2.45) is 0 Å². The molecule has 0 aliphatic carbocycles. The highest BCUT2D eigenvalue weighted by atomic mass is 79.9. The number of halogens is 1. The van der Waals surface area contributed by atoms with Crippen LogP contribution in [-0.4, -0.2) is 51.0 Å². The topological polar surface area (TPSA) is 118 Å². The molecule has 0 aliphatic rings. The number of nitriles is 1. The molecular formula is C16H17BrN2O6. The highest BCUT2D eigenvalue weighted by Gasteiger charge is 2.14. The van der Waals surface area contributed by atoms with Gasteiger partial charge in [0.1, 0.15) is 11.6 Å². The second-order valence-corrected chi connectivity index (χ2v) is 5.49. The molecule has 0 saturated heterocycles. The van der Waals surface area contributed by atoms with Crippen LogP contribution in [0.3, 0.4) is 0 Å². The van der Waals surface area contributed by atoms with Crippen molar-refractivity contribution in [2.75, 3.05) is 34.0 Å². The van der Waals surface area contributed by atoms with Crippen LogP contribution in [0, 0.1) is 11.3 Å². The van der Waals surface area contributed by atoms with E-state index in [4.69, 9.17) is 24.6 Å². The monoisotopic (exact) mass is 412 g/mol. The van der Waals surface area contributed by atoms with Crippen LogP contribution in [0.2, 0.25) is 0 Å². The van der Waals surface area contributed by atoms with Crippen molar-refractivity contribution in [1.29, 1.82) is 5.26 Å². The summed E-state index contributed by atoms with van der Waals surface area (Å²) in [5.41, 5.74) is 0.411. The molecule has 0 unspecified atom stereocenters. The van der Waals surface area contributed by atoms with Crippen molar-refractivity contribution in [3.8, 4) is 17.6 Å². The molecule has 9 heteroatoms. The number of nitrogens with zero attached hydrogens (tertiary/aromatic N) is 1. The molecule has 0 aromatic heterocycles. The van der Waals surface area contributed by atoms with Crippen LogP contribution >= 0.6 is 15.9 Å². The predicted octanol–water partition coefficient (Wildman–Crippen LogP) is 1.59. The molecule has 0 saturated carbocycles. The molecule has 1 rings (SSSR count). The third kappa shape index (κ3) is 6.45. The summed E-state index contributed by atoms with van der Waals surface area (Å²) in [6, 6.07) is 4.94. The van der Waals surface area contributed by atoms with E-state index in [1.54, 1.807) is 6.07 Å². The minimum Gasteiger partial charge on any atom is -0.493 e. The number of aliphatic carboxylic acids is 1. The van der Waals surface area contributed by atoms with Crippen LogP contribution in [0.1, 0.15) is 5.56 Å². The number of carboxylic acids is 1. The van der Waals surface area contributed by atoms with Crippen LogP contribution in [0.15, 0.2) is 22.2 Å². The van der Waals surface area contributed by atoms with E-state index in [1.807, 2.05) is 6.07 Å². The van der Waals surface area contributed by atoms with Crippen LogP contribution in [0.5, 0.6) is 11.5 Å². The average molecular weight is 413 g/mol. The molecule has 25 heavy (non-hydrogen) atoms. The van der Waals surface area contributed by atoms with Crippen LogP contribution in [0.4, 0.5) is 0 Å². The third-order valence-electron chi connectivity index (χ3n) is 2.86. The van der Waals surface area contributed by atoms with Gasteiger partial charge in [-0.3, -0.25) is 4.79 Å². The molecule has 0 heterocycles. The second kappa shape index (κ2) is 10.3. The summed E-state index contributed by atoms with van der Waals surface area (Å²) in [5.74, 6) is -1.18. The number of hydrogen-bond donors (Lipinski definition) is 2. The van der Waals surface area contributed by atoms with Gasteiger partial charge in [-0.15, -0.1) is 0 Å². The Morgan fingerprint density at radius 3 is 2.68 bits per heavy atom. The Kier molecular flexibility index (Phi) is 8.46. The zero-order chi connectivity index (χ0) is 18.8. The number of nitrogens with one attached hydrogen (secondary N) is 1. The third-order valence-corrected chi connectivity index (χ3v) is 3.45. The number of rotatable bonds is 9. The largest absolute Gasteiger partial charge is 0.493 e. The first-order valence-electron chi connectivity index (χ1n) is 7.04. The van der Waals surface area contributed by atoms with Crippen molar-refractivity contribution < 1.29 is 28.9 Å². The normalized spacial score (nSPS) is 10.7. The van der Waals surface area contributed by atoms with E-state index in [0.717, 1.165) is 0 Å². The second-order valence-electron chi connectivity index (χ2n) is 4.64. The number of amides is 1. The Labute approximate surface area is 153 Å². The zero-order valence-electron chi connectivity index (χ0n) is 13.7. The minimum absolute atomic E-state index is 0.0933. The Morgan fingerprint density at radius 1 is 1.40 bits per heavy atom. The Morgan fingerprint density at radius 2 is 2.12 bits per heavy atom. The van der Waals surface area contributed by atoms with Gasteiger partial charge in [0.25, 0.3) is 5.91 Å². The van der Waals surface area contributed by atoms with Gasteiger partial charge < -0.3 is 24.6 Å². The standard InChI is InChI=1S/C16H17BrN2O6/c1-23-4-3-19-16(22)11(8-18)5-10-6-12(17)15(13(7-10)24-2)25-9-14(20)21/h5-7H,3-4,9H2,1-2H3,(H,19,22)(H,20,21)/b11-5+. The van der Waals surface area contributed by atoms with Crippen molar-refractivity contribution >= 4 is 33.9 Å². The fraction of sp³-hybridized carbons (Fsp3) is 0.312. The maximum absolute atomic E-state index is 11.9. The molecule has 1 amide bonds. The number of methoxy groups -OCH3 is 2. The van der Waals surface area contributed by atoms with E-state index in [2.05, 4.69) is 21.2 Å². The fourth-order valence-corrected chi connectivity index (χ4v) is 2.35. The molecule has 134 valence electrons. The van der Waals surface area contributed by atoms with Gasteiger partial charge in [-0.1, -0.05) is 0 Å². The van der Waals surface area contributed by atoms with Crippen molar-refractivity contribution in [2.45, 2.75) is 0 Å². The molecule has 0 atom stereocenters. The highest BCUT2D eigenvalue weighted by molar-refractivity contribution is 9.10. The van der Waals surface area contributed by atoms with E-state index < -0.39 is 18.5 Å². The number of carbonyl (C=O) groups is 2. The molecule has 0 bridgehead atoms. The van der Waals surface area contributed by atoms with Gasteiger partial charge in [-0.2, -0.15) is 5.26 Å². The van der Waals surface area contributed by atoms with Gasteiger partial charge in [0, 0.05) is 13.7 Å². The van der Waals surface area contributed by atoms with Crippen molar-refractivity contribution in [1.82, 2.24) is 5.32 Å². The Bertz CT molecular complexity index is 711. The lowest BCUT2D eigenvalue weighted by Crippen LogP contribution is -2.27. The van der Waals surface area contributed by atoms with Crippen LogP contribution < -0.4 is 14.8 Å². The molecule has 1 aromatic carbocycles. The summed E-state index contributed by atoms with van der Waals surface area (Å²) in [6.07, 6.45) is 1.39. The van der Waals surface area contributed by atoms with Gasteiger partial charge in [0.2, 0.25) is 0 Å². The predicted molar refractivity (Wildman–Crippen MR) is 92.3 cm³/mol. The fourth-order valence-electron chi connectivity index (χ4n) is 1.77. The molecular weight excluding hydrogens is 396 g/mol. The number of carboxylic acid groups (broad SMARTS) is 1. The SMILES string of the molecule is COCCNC(=O)/C(C#N)=C/c1cc(Br)c(OCC(=O)O)c(OC)c1. The maximum atomic E-state index is 11.9. The smallest absolute Gasteiger partial charge is 0.341 e. The highest BCUT2D eigenvalue weighted by Crippen LogP contribution is 2.37. The number of ether oxygens (including phenoxy) is 3. The maximum Gasteiger partial charge on any atom is 0.341 e. The van der Waals surface area contributed by atoms with Gasteiger partial charge in [0.05, 0.1) is 18.2 Å². The van der Waals surface area contributed by atoms with Crippen molar-refractivity contribution in [3.05, 3.63) is 27.7 Å². The lowest BCUT2D eigenvalue weighted by atomic mass is 10.1. The molecule has 0 aliphatic heterocycles. The summed E-state index contributed by atoms with van der Waals surface area (Å²) in [5, 5.41) is 20.4. The van der Waals surface area contributed by atoms with E-state index >= 15 is 0 Å². The van der Waals surface area contributed by atoms with E-state index in [0.29, 0.717) is 16.6 Å². The summed E-state index contributed by atoms with van der Waals surface area (Å²) in [4.78, 5) is 22.6. The van der Waals surface area contributed by atoms with Crippen LogP contribution in [-0.2, 0) is 14.3 Å².